The first-order valence-corrected chi connectivity index (χ1v) is 6.65. The zero-order valence-electron chi connectivity index (χ0n) is 12.2. The summed E-state index contributed by atoms with van der Waals surface area (Å²) in [6.45, 7) is 4.07. The van der Waals surface area contributed by atoms with Crippen molar-refractivity contribution in [3.05, 3.63) is 54.6 Å². The minimum absolute atomic E-state index is 0.253. The third-order valence-electron chi connectivity index (χ3n) is 3.92. The van der Waals surface area contributed by atoms with Crippen LogP contribution in [0, 0.1) is 11.3 Å². The Hall–Kier alpha value is -2.36. The Balaban J connectivity index is 2.45. The molecule has 1 aromatic carbocycles. The Morgan fingerprint density at radius 2 is 1.71 bits per heavy atom. The van der Waals surface area contributed by atoms with Crippen molar-refractivity contribution in [2.75, 3.05) is 14.2 Å². The molecule has 0 aromatic heterocycles. The van der Waals surface area contributed by atoms with E-state index in [-0.39, 0.29) is 6.42 Å². The molecule has 1 aliphatic rings. The van der Waals surface area contributed by atoms with Crippen LogP contribution in [-0.2, 0) is 19.1 Å². The first-order chi connectivity index (χ1) is 10.1. The molecule has 21 heavy (non-hydrogen) atoms. The Labute approximate surface area is 124 Å². The van der Waals surface area contributed by atoms with Gasteiger partial charge in [-0.2, -0.15) is 0 Å². The molecule has 0 N–H and O–H groups in total. The summed E-state index contributed by atoms with van der Waals surface area (Å²) in [5, 5.41) is 0. The third-order valence-corrected chi connectivity index (χ3v) is 3.92. The van der Waals surface area contributed by atoms with Crippen LogP contribution >= 0.6 is 0 Å². The van der Waals surface area contributed by atoms with E-state index in [9.17, 15) is 9.59 Å². The van der Waals surface area contributed by atoms with Gasteiger partial charge in [0.05, 0.1) is 14.2 Å². The maximum Gasteiger partial charge on any atom is 0.324 e. The fourth-order valence-corrected chi connectivity index (χ4v) is 2.79. The van der Waals surface area contributed by atoms with Crippen molar-refractivity contribution in [3.8, 4) is 0 Å². The maximum absolute atomic E-state index is 12.3. The van der Waals surface area contributed by atoms with Gasteiger partial charge in [-0.05, 0) is 17.6 Å². The van der Waals surface area contributed by atoms with Crippen molar-refractivity contribution in [2.45, 2.75) is 6.42 Å². The number of ether oxygens (including phenoxy) is 2. The molecule has 0 fully saturated rings. The van der Waals surface area contributed by atoms with E-state index < -0.39 is 23.3 Å². The summed E-state index contributed by atoms with van der Waals surface area (Å²) in [7, 11) is 2.54. The number of methoxy groups -OCH3 is 2. The van der Waals surface area contributed by atoms with Crippen molar-refractivity contribution >= 4 is 17.5 Å². The smallest absolute Gasteiger partial charge is 0.324 e. The molecular formula is C17H18O4. The van der Waals surface area contributed by atoms with Gasteiger partial charge in [0, 0.05) is 5.92 Å². The lowest BCUT2D eigenvalue weighted by Crippen LogP contribution is -2.44. The molecule has 0 bridgehead atoms. The molecule has 1 aliphatic carbocycles. The van der Waals surface area contributed by atoms with Gasteiger partial charge in [0.15, 0.2) is 5.41 Å². The molecule has 0 spiro atoms. The van der Waals surface area contributed by atoms with Gasteiger partial charge in [0.1, 0.15) is 0 Å². The van der Waals surface area contributed by atoms with Crippen molar-refractivity contribution in [1.29, 1.82) is 0 Å². The minimum Gasteiger partial charge on any atom is -0.468 e. The molecule has 1 unspecified atom stereocenters. The van der Waals surface area contributed by atoms with E-state index in [0.29, 0.717) is 5.57 Å². The van der Waals surface area contributed by atoms with Crippen molar-refractivity contribution in [1.82, 2.24) is 0 Å². The zero-order valence-corrected chi connectivity index (χ0v) is 12.2. The van der Waals surface area contributed by atoms with Crippen molar-refractivity contribution in [2.24, 2.45) is 11.3 Å². The first-order valence-electron chi connectivity index (χ1n) is 6.65. The van der Waals surface area contributed by atoms with Crippen LogP contribution in [0.4, 0.5) is 0 Å². The summed E-state index contributed by atoms with van der Waals surface area (Å²) >= 11 is 0. The van der Waals surface area contributed by atoms with Crippen LogP contribution in [0.5, 0.6) is 0 Å². The lowest BCUT2D eigenvalue weighted by molar-refractivity contribution is -0.170. The lowest BCUT2D eigenvalue weighted by Gasteiger charge is -2.31. The molecule has 110 valence electrons. The van der Waals surface area contributed by atoms with Crippen LogP contribution in [0.3, 0.4) is 0 Å². The largest absolute Gasteiger partial charge is 0.468 e. The topological polar surface area (TPSA) is 52.6 Å². The quantitative estimate of drug-likeness (QED) is 0.485. The van der Waals surface area contributed by atoms with Gasteiger partial charge in [-0.3, -0.25) is 9.59 Å². The number of benzene rings is 1. The van der Waals surface area contributed by atoms with E-state index >= 15 is 0 Å². The van der Waals surface area contributed by atoms with E-state index in [1.54, 1.807) is 6.08 Å². The molecule has 0 heterocycles. The Bertz CT molecular complexity index is 570. The average Bonchev–Trinajstić information content (AvgIpc) is 2.99. The number of allylic oxidation sites excluding steroid dienone is 3. The van der Waals surface area contributed by atoms with Gasteiger partial charge in [0.25, 0.3) is 0 Å². The molecular weight excluding hydrogens is 268 g/mol. The number of carbonyl (C=O) groups is 2. The van der Waals surface area contributed by atoms with Crippen LogP contribution in [0.2, 0.25) is 0 Å². The highest BCUT2D eigenvalue weighted by Crippen LogP contribution is 2.47. The number of carbonyl (C=O) groups excluding carboxylic acids is 2. The maximum atomic E-state index is 12.3. The molecule has 0 saturated carbocycles. The second-order valence-electron chi connectivity index (χ2n) is 4.96. The molecule has 0 saturated heterocycles. The Morgan fingerprint density at radius 1 is 1.14 bits per heavy atom. The molecule has 1 atom stereocenters. The number of hydrogen-bond acceptors (Lipinski definition) is 4. The highest BCUT2D eigenvalue weighted by Gasteiger charge is 2.56. The highest BCUT2D eigenvalue weighted by molar-refractivity contribution is 6.03. The molecule has 2 rings (SSSR count). The first kappa shape index (κ1) is 15.0. The lowest BCUT2D eigenvalue weighted by atomic mass is 9.72. The summed E-state index contributed by atoms with van der Waals surface area (Å²) in [5.41, 5.74) is 0.197. The van der Waals surface area contributed by atoms with Crippen LogP contribution in [-0.4, -0.2) is 26.2 Å². The molecule has 1 aromatic rings. The second kappa shape index (κ2) is 5.95. The third kappa shape index (κ3) is 2.37. The van der Waals surface area contributed by atoms with Crippen LogP contribution < -0.4 is 0 Å². The molecule has 0 amide bonds. The summed E-state index contributed by atoms with van der Waals surface area (Å²) < 4.78 is 9.71. The van der Waals surface area contributed by atoms with Crippen LogP contribution in [0.25, 0.3) is 5.57 Å². The summed E-state index contributed by atoms with van der Waals surface area (Å²) in [6.07, 6.45) is 3.87. The van der Waals surface area contributed by atoms with E-state index in [4.69, 9.17) is 9.47 Å². The minimum atomic E-state index is -1.38. The van der Waals surface area contributed by atoms with Crippen molar-refractivity contribution in [3.63, 3.8) is 0 Å². The predicted octanol–water partition coefficient (Wildman–Crippen LogP) is 2.61. The Morgan fingerprint density at radius 3 is 2.24 bits per heavy atom. The highest BCUT2D eigenvalue weighted by atomic mass is 16.5. The number of esters is 2. The van der Waals surface area contributed by atoms with E-state index in [2.05, 4.69) is 6.58 Å². The summed E-state index contributed by atoms with van der Waals surface area (Å²) in [6, 6.07) is 9.46. The fourth-order valence-electron chi connectivity index (χ4n) is 2.79. The van der Waals surface area contributed by atoms with Gasteiger partial charge < -0.3 is 9.47 Å². The predicted molar refractivity (Wildman–Crippen MR) is 79.2 cm³/mol. The second-order valence-corrected chi connectivity index (χ2v) is 4.96. The molecule has 0 aliphatic heterocycles. The SMILES string of the molecule is C=C(c1ccccc1)C1C=CCC1(C(=O)OC)C(=O)OC. The van der Waals surface area contributed by atoms with Gasteiger partial charge in [-0.25, -0.2) is 0 Å². The van der Waals surface area contributed by atoms with E-state index in [1.165, 1.54) is 14.2 Å². The van der Waals surface area contributed by atoms with Gasteiger partial charge >= 0.3 is 11.9 Å². The Kier molecular flexibility index (Phi) is 4.26. The van der Waals surface area contributed by atoms with Gasteiger partial charge in [-0.1, -0.05) is 49.1 Å². The monoisotopic (exact) mass is 286 g/mol. The van der Waals surface area contributed by atoms with E-state index in [0.717, 1.165) is 5.56 Å². The van der Waals surface area contributed by atoms with Gasteiger partial charge in [0.2, 0.25) is 0 Å². The van der Waals surface area contributed by atoms with E-state index in [1.807, 2.05) is 36.4 Å². The summed E-state index contributed by atoms with van der Waals surface area (Å²) in [4.78, 5) is 24.6. The fraction of sp³-hybridized carbons (Fsp3) is 0.294. The zero-order chi connectivity index (χ0) is 15.5. The molecule has 4 heteroatoms. The van der Waals surface area contributed by atoms with Crippen LogP contribution in [0.15, 0.2) is 49.1 Å². The average molecular weight is 286 g/mol. The number of hydrogen-bond donors (Lipinski definition) is 0. The molecule has 0 radical (unpaired) electrons. The molecule has 4 nitrogen and oxygen atoms in total. The standard InChI is InChI=1S/C17H18O4/c1-12(13-8-5-4-6-9-13)14-10-7-11-17(14,15(18)20-2)16(19)21-3/h4-10,14H,1,11H2,2-3H3. The normalized spacial score (nSPS) is 19.0. The summed E-state index contributed by atoms with van der Waals surface area (Å²) in [5.74, 6) is -1.66. The van der Waals surface area contributed by atoms with Gasteiger partial charge in [-0.15, -0.1) is 0 Å². The van der Waals surface area contributed by atoms with Crippen molar-refractivity contribution < 1.29 is 19.1 Å². The number of rotatable bonds is 4. The van der Waals surface area contributed by atoms with Crippen LogP contribution in [0.1, 0.15) is 12.0 Å².